The lowest BCUT2D eigenvalue weighted by atomic mass is 9.91. The molecule has 0 spiro atoms. The molecule has 7 heteroatoms. The van der Waals surface area contributed by atoms with Crippen LogP contribution in [0, 0.1) is 5.92 Å². The van der Waals surface area contributed by atoms with E-state index in [1.165, 1.54) is 13.2 Å². The zero-order chi connectivity index (χ0) is 20.8. The molecule has 7 nitrogen and oxygen atoms in total. The first kappa shape index (κ1) is 21.6. The van der Waals surface area contributed by atoms with Gasteiger partial charge >= 0.3 is 5.97 Å². The Morgan fingerprint density at radius 3 is 2.43 bits per heavy atom. The van der Waals surface area contributed by atoms with E-state index in [1.807, 2.05) is 6.92 Å². The lowest BCUT2D eigenvalue weighted by Gasteiger charge is -2.24. The molecule has 152 valence electrons. The summed E-state index contributed by atoms with van der Waals surface area (Å²) in [5.41, 5.74) is 0.500. The van der Waals surface area contributed by atoms with Crippen LogP contribution in [0.25, 0.3) is 0 Å². The molecule has 0 aromatic heterocycles. The number of ketones is 3. The van der Waals surface area contributed by atoms with E-state index < -0.39 is 29.4 Å². The van der Waals surface area contributed by atoms with E-state index >= 15 is 0 Å². The molecule has 0 amide bonds. The number of Topliss-reactive ketones (excluding diaryl/α,β-unsaturated/α-hetero) is 3. The van der Waals surface area contributed by atoms with Gasteiger partial charge in [0.25, 0.3) is 5.78 Å². The number of hydrogen-bond acceptors (Lipinski definition) is 7. The summed E-state index contributed by atoms with van der Waals surface area (Å²) in [6.45, 7) is 3.61. The molecule has 1 N–H and O–H groups in total. The molecule has 28 heavy (non-hydrogen) atoms. The largest absolute Gasteiger partial charge is 0.507 e. The summed E-state index contributed by atoms with van der Waals surface area (Å²) in [5.74, 6) is -3.09. The summed E-state index contributed by atoms with van der Waals surface area (Å²) in [6.07, 6.45) is 0.782. The highest BCUT2D eigenvalue weighted by Gasteiger charge is 2.28. The van der Waals surface area contributed by atoms with Gasteiger partial charge in [0.2, 0.25) is 11.6 Å². The van der Waals surface area contributed by atoms with Gasteiger partial charge in [-0.2, -0.15) is 0 Å². The van der Waals surface area contributed by atoms with Crippen LogP contribution in [0.1, 0.15) is 61.9 Å². The van der Waals surface area contributed by atoms with E-state index in [2.05, 4.69) is 0 Å². The molecule has 0 aliphatic carbocycles. The zero-order valence-electron chi connectivity index (χ0n) is 16.4. The van der Waals surface area contributed by atoms with Gasteiger partial charge in [0.15, 0.2) is 0 Å². The Morgan fingerprint density at radius 2 is 1.79 bits per heavy atom. The van der Waals surface area contributed by atoms with Crippen molar-refractivity contribution in [1.82, 2.24) is 0 Å². The van der Waals surface area contributed by atoms with Crippen molar-refractivity contribution in [3.63, 3.8) is 0 Å². The van der Waals surface area contributed by atoms with Gasteiger partial charge in [-0.1, -0.05) is 6.92 Å². The van der Waals surface area contributed by atoms with E-state index in [1.54, 1.807) is 13.0 Å². The molecule has 0 saturated carbocycles. The molecule has 0 bridgehead atoms. The maximum atomic E-state index is 12.7. The minimum absolute atomic E-state index is 0.0365. The third-order valence-corrected chi connectivity index (χ3v) is 5.19. The van der Waals surface area contributed by atoms with Crippen LogP contribution in [0.2, 0.25) is 0 Å². The van der Waals surface area contributed by atoms with E-state index in [-0.39, 0.29) is 42.9 Å². The number of methoxy groups -OCH3 is 1. The van der Waals surface area contributed by atoms with Gasteiger partial charge in [-0.05, 0) is 50.2 Å². The van der Waals surface area contributed by atoms with Crippen LogP contribution in [-0.2, 0) is 25.5 Å². The summed E-state index contributed by atoms with van der Waals surface area (Å²) in [6, 6.07) is 2.93. The number of phenolic OH excluding ortho intramolecular Hbond substituents is 1. The Morgan fingerprint density at radius 1 is 1.11 bits per heavy atom. The molecule has 0 saturated heterocycles. The lowest BCUT2D eigenvalue weighted by Crippen LogP contribution is -2.28. The summed E-state index contributed by atoms with van der Waals surface area (Å²) in [7, 11) is 1.43. The highest BCUT2D eigenvalue weighted by Crippen LogP contribution is 2.31. The highest BCUT2D eigenvalue weighted by atomic mass is 16.5. The number of rotatable bonds is 2. The second-order valence-corrected chi connectivity index (χ2v) is 7.03. The Bertz CT molecular complexity index is 781. The summed E-state index contributed by atoms with van der Waals surface area (Å²) in [4.78, 5) is 48.8. The zero-order valence-corrected chi connectivity index (χ0v) is 16.4. The quantitative estimate of drug-likeness (QED) is 0.611. The number of carbonyl (C=O) groups is 4. The Hall–Kier alpha value is -2.70. The SMILES string of the molecule is CC[C@H]1CCC(=O)C(=O)C(=O)CCCc2cc(OC)cc(O)c2C(=O)O[C@H]1C. The molecule has 0 fully saturated rings. The van der Waals surface area contributed by atoms with Gasteiger partial charge in [-0.25, -0.2) is 4.79 Å². The molecular formula is C21H26O7. The van der Waals surface area contributed by atoms with Gasteiger partial charge < -0.3 is 14.6 Å². The average Bonchev–Trinajstić information content (AvgIpc) is 2.66. The lowest BCUT2D eigenvalue weighted by molar-refractivity contribution is -0.144. The predicted molar refractivity (Wildman–Crippen MR) is 101 cm³/mol. The number of aromatic hydroxyl groups is 1. The van der Waals surface area contributed by atoms with Crippen molar-refractivity contribution < 1.29 is 33.8 Å². The first-order chi connectivity index (χ1) is 13.3. The van der Waals surface area contributed by atoms with Gasteiger partial charge in [0.05, 0.1) is 7.11 Å². The number of cyclic esters (lactones) is 1. The van der Waals surface area contributed by atoms with Gasteiger partial charge in [-0.15, -0.1) is 0 Å². The van der Waals surface area contributed by atoms with Gasteiger partial charge in [0.1, 0.15) is 23.2 Å². The number of ether oxygens (including phenoxy) is 2. The molecule has 2 rings (SSSR count). The van der Waals surface area contributed by atoms with Crippen LogP contribution in [0.15, 0.2) is 12.1 Å². The van der Waals surface area contributed by atoms with E-state index in [9.17, 15) is 24.3 Å². The second kappa shape index (κ2) is 9.48. The monoisotopic (exact) mass is 390 g/mol. The second-order valence-electron chi connectivity index (χ2n) is 7.03. The van der Waals surface area contributed by atoms with E-state index in [0.717, 1.165) is 0 Å². The number of hydrogen-bond donors (Lipinski definition) is 1. The van der Waals surface area contributed by atoms with Crippen molar-refractivity contribution >= 4 is 23.3 Å². The van der Waals surface area contributed by atoms with Crippen LogP contribution < -0.4 is 4.74 Å². The predicted octanol–water partition coefficient (Wildman–Crippen LogP) is 2.80. The fourth-order valence-electron chi connectivity index (χ4n) is 3.44. The maximum Gasteiger partial charge on any atom is 0.342 e. The van der Waals surface area contributed by atoms with Gasteiger partial charge in [-0.3, -0.25) is 14.4 Å². The topological polar surface area (TPSA) is 107 Å². The van der Waals surface area contributed by atoms with Crippen molar-refractivity contribution in [1.29, 1.82) is 0 Å². The molecule has 1 aromatic carbocycles. The smallest absolute Gasteiger partial charge is 0.342 e. The fraction of sp³-hybridized carbons (Fsp3) is 0.524. The molecule has 0 unspecified atom stereocenters. The number of fused-ring (bicyclic) bond motifs is 1. The van der Waals surface area contributed by atoms with Crippen molar-refractivity contribution in [2.75, 3.05) is 7.11 Å². The Balaban J connectivity index is 2.42. The van der Waals surface area contributed by atoms with Crippen molar-refractivity contribution in [2.45, 2.75) is 58.5 Å². The first-order valence-corrected chi connectivity index (χ1v) is 9.49. The minimum Gasteiger partial charge on any atom is -0.507 e. The molecule has 1 aliphatic heterocycles. The summed E-state index contributed by atoms with van der Waals surface area (Å²) < 4.78 is 10.7. The molecule has 1 aromatic rings. The standard InChI is InChI=1S/C21H26O7/c1-4-13-8-9-17(23)20(25)16(22)7-5-6-14-10-15(27-3)11-18(24)19(14)21(26)28-12(13)2/h10-13,24H,4-9H2,1-3H3/t12-,13-/m0/s1. The molecule has 1 heterocycles. The molecule has 0 radical (unpaired) electrons. The van der Waals surface area contributed by atoms with Crippen LogP contribution >= 0.6 is 0 Å². The molecule has 2 atom stereocenters. The van der Waals surface area contributed by atoms with Crippen LogP contribution in [0.5, 0.6) is 11.5 Å². The average molecular weight is 390 g/mol. The maximum absolute atomic E-state index is 12.7. The first-order valence-electron chi connectivity index (χ1n) is 9.49. The Kier molecular flexibility index (Phi) is 7.31. The van der Waals surface area contributed by atoms with E-state index in [0.29, 0.717) is 24.2 Å². The summed E-state index contributed by atoms with van der Waals surface area (Å²) in [5, 5.41) is 10.3. The number of aryl methyl sites for hydroxylation is 1. The number of benzene rings is 1. The van der Waals surface area contributed by atoms with Gasteiger partial charge in [0, 0.05) is 18.9 Å². The normalized spacial score (nSPS) is 22.2. The molecular weight excluding hydrogens is 364 g/mol. The van der Waals surface area contributed by atoms with Crippen LogP contribution in [0.4, 0.5) is 0 Å². The van der Waals surface area contributed by atoms with Crippen molar-refractivity contribution in [3.8, 4) is 11.5 Å². The van der Waals surface area contributed by atoms with E-state index in [4.69, 9.17) is 9.47 Å². The number of carbonyl (C=O) groups excluding carboxylic acids is 4. The van der Waals surface area contributed by atoms with Crippen LogP contribution in [0.3, 0.4) is 0 Å². The van der Waals surface area contributed by atoms with Crippen molar-refractivity contribution in [3.05, 3.63) is 23.3 Å². The summed E-state index contributed by atoms with van der Waals surface area (Å²) >= 11 is 0. The van der Waals surface area contributed by atoms with Crippen molar-refractivity contribution in [2.24, 2.45) is 5.92 Å². The Labute approximate surface area is 164 Å². The fourth-order valence-corrected chi connectivity index (χ4v) is 3.44. The highest BCUT2D eigenvalue weighted by molar-refractivity contribution is 6.63. The van der Waals surface area contributed by atoms with Crippen LogP contribution in [-0.4, -0.2) is 41.6 Å². The third kappa shape index (κ3) is 4.97. The number of phenols is 1. The number of esters is 1. The third-order valence-electron chi connectivity index (χ3n) is 5.19. The minimum atomic E-state index is -0.967. The molecule has 1 aliphatic rings.